The Balaban J connectivity index is 1.90. The lowest BCUT2D eigenvalue weighted by molar-refractivity contribution is -0.112. The lowest BCUT2D eigenvalue weighted by Gasteiger charge is -2.07. The predicted molar refractivity (Wildman–Crippen MR) is 121 cm³/mol. The van der Waals surface area contributed by atoms with Gasteiger partial charge in [0.15, 0.2) is 0 Å². The SMILES string of the molecule is C/C=C/C=C/C(=O)Nc1ccc(Cc2ccc(NC(=O)/C=C/C=C/C)cc2)cc1. The zero-order chi connectivity index (χ0) is 20.9. The quantitative estimate of drug-likeness (QED) is 0.470. The van der Waals surface area contributed by atoms with Gasteiger partial charge in [0.05, 0.1) is 0 Å². The molecule has 0 atom stereocenters. The molecular weight excluding hydrogens is 360 g/mol. The van der Waals surface area contributed by atoms with Crippen molar-refractivity contribution in [3.63, 3.8) is 0 Å². The number of benzene rings is 2. The van der Waals surface area contributed by atoms with Gasteiger partial charge in [-0.15, -0.1) is 0 Å². The summed E-state index contributed by atoms with van der Waals surface area (Å²) in [6, 6.07) is 15.5. The first-order chi connectivity index (χ1) is 14.1. The van der Waals surface area contributed by atoms with E-state index in [9.17, 15) is 9.59 Å². The number of allylic oxidation sites excluding steroid dienone is 6. The van der Waals surface area contributed by atoms with Crippen LogP contribution in [0.25, 0.3) is 0 Å². The number of anilines is 2. The molecule has 2 amide bonds. The van der Waals surface area contributed by atoms with Gasteiger partial charge in [0.1, 0.15) is 0 Å². The molecule has 0 aromatic heterocycles. The van der Waals surface area contributed by atoms with Crippen molar-refractivity contribution in [3.8, 4) is 0 Å². The van der Waals surface area contributed by atoms with E-state index in [1.807, 2.05) is 74.5 Å². The van der Waals surface area contributed by atoms with Crippen molar-refractivity contribution in [3.05, 3.63) is 108 Å². The summed E-state index contributed by atoms with van der Waals surface area (Å²) in [4.78, 5) is 23.6. The van der Waals surface area contributed by atoms with Crippen LogP contribution in [-0.2, 0) is 16.0 Å². The monoisotopic (exact) mass is 386 g/mol. The van der Waals surface area contributed by atoms with Crippen LogP contribution >= 0.6 is 0 Å². The summed E-state index contributed by atoms with van der Waals surface area (Å²) >= 11 is 0. The molecule has 0 aliphatic rings. The normalized spacial score (nSPS) is 11.7. The molecule has 0 saturated heterocycles. The Bertz CT molecular complexity index is 841. The predicted octanol–water partition coefficient (Wildman–Crippen LogP) is 5.42. The molecule has 0 radical (unpaired) electrons. The standard InChI is InChI=1S/C25H26N2O2/c1-3-5-7-9-24(28)26-22-15-11-20(12-16-22)19-21-13-17-23(18-14-21)27-25(29)10-8-6-4-2/h3-18H,19H2,1-2H3,(H,26,28)(H,27,29)/b5-3+,6-4+,9-7+,10-8+. The van der Waals surface area contributed by atoms with Crippen molar-refractivity contribution in [1.82, 2.24) is 0 Å². The molecule has 29 heavy (non-hydrogen) atoms. The maximum Gasteiger partial charge on any atom is 0.248 e. The van der Waals surface area contributed by atoms with E-state index in [0.29, 0.717) is 0 Å². The second-order valence-corrected chi connectivity index (χ2v) is 6.32. The van der Waals surface area contributed by atoms with Crippen molar-refractivity contribution < 1.29 is 9.59 Å². The van der Waals surface area contributed by atoms with E-state index in [1.54, 1.807) is 24.3 Å². The molecule has 0 bridgehead atoms. The summed E-state index contributed by atoms with van der Waals surface area (Å²) in [5.74, 6) is -0.317. The third-order valence-electron chi connectivity index (χ3n) is 3.95. The van der Waals surface area contributed by atoms with Crippen LogP contribution in [0.5, 0.6) is 0 Å². The minimum Gasteiger partial charge on any atom is -0.323 e. The fraction of sp³-hybridized carbons (Fsp3) is 0.120. The second kappa shape index (κ2) is 11.9. The van der Waals surface area contributed by atoms with Crippen LogP contribution in [0.4, 0.5) is 11.4 Å². The molecule has 0 saturated carbocycles. The van der Waals surface area contributed by atoms with Gasteiger partial charge in [-0.25, -0.2) is 0 Å². The molecule has 0 aliphatic heterocycles. The molecule has 148 valence electrons. The Labute approximate surface area is 172 Å². The van der Waals surface area contributed by atoms with Gasteiger partial charge in [0.2, 0.25) is 11.8 Å². The highest BCUT2D eigenvalue weighted by Gasteiger charge is 2.01. The van der Waals surface area contributed by atoms with Gasteiger partial charge in [-0.1, -0.05) is 60.7 Å². The highest BCUT2D eigenvalue weighted by Crippen LogP contribution is 2.16. The summed E-state index contributed by atoms with van der Waals surface area (Å²) < 4.78 is 0. The Morgan fingerprint density at radius 3 is 1.38 bits per heavy atom. The first kappa shape index (κ1) is 21.6. The smallest absolute Gasteiger partial charge is 0.248 e. The topological polar surface area (TPSA) is 58.2 Å². The minimum absolute atomic E-state index is 0.158. The van der Waals surface area contributed by atoms with Crippen molar-refractivity contribution in [2.24, 2.45) is 0 Å². The van der Waals surface area contributed by atoms with Gasteiger partial charge in [-0.3, -0.25) is 9.59 Å². The van der Waals surface area contributed by atoms with Crippen LogP contribution in [0.15, 0.2) is 97.1 Å². The van der Waals surface area contributed by atoms with Crippen LogP contribution in [0.3, 0.4) is 0 Å². The maximum absolute atomic E-state index is 11.8. The highest BCUT2D eigenvalue weighted by molar-refractivity contribution is 6.00. The fourth-order valence-electron chi connectivity index (χ4n) is 2.52. The van der Waals surface area contributed by atoms with Gasteiger partial charge in [-0.05, 0) is 55.7 Å². The van der Waals surface area contributed by atoms with E-state index >= 15 is 0 Å². The average molecular weight is 386 g/mol. The fourth-order valence-corrected chi connectivity index (χ4v) is 2.52. The minimum atomic E-state index is -0.158. The Hall–Kier alpha value is -3.66. The third kappa shape index (κ3) is 8.26. The highest BCUT2D eigenvalue weighted by atomic mass is 16.2. The zero-order valence-corrected chi connectivity index (χ0v) is 16.8. The number of carbonyl (C=O) groups is 2. The first-order valence-electron chi connectivity index (χ1n) is 9.49. The van der Waals surface area contributed by atoms with Crippen molar-refractivity contribution >= 4 is 23.2 Å². The molecule has 0 spiro atoms. The van der Waals surface area contributed by atoms with Crippen LogP contribution in [0.1, 0.15) is 25.0 Å². The van der Waals surface area contributed by atoms with Gasteiger partial charge in [-0.2, -0.15) is 0 Å². The Morgan fingerprint density at radius 2 is 1.03 bits per heavy atom. The third-order valence-corrected chi connectivity index (χ3v) is 3.95. The molecule has 0 aliphatic carbocycles. The van der Waals surface area contributed by atoms with Crippen molar-refractivity contribution in [2.75, 3.05) is 10.6 Å². The van der Waals surface area contributed by atoms with Crippen molar-refractivity contribution in [1.29, 1.82) is 0 Å². The number of hydrogen-bond donors (Lipinski definition) is 2. The van der Waals surface area contributed by atoms with Gasteiger partial charge >= 0.3 is 0 Å². The number of rotatable bonds is 8. The summed E-state index contributed by atoms with van der Waals surface area (Å²) in [6.07, 6.45) is 14.5. The van der Waals surface area contributed by atoms with Crippen molar-refractivity contribution in [2.45, 2.75) is 20.3 Å². The molecule has 2 rings (SSSR count). The molecular formula is C25H26N2O2. The molecule has 0 fully saturated rings. The zero-order valence-electron chi connectivity index (χ0n) is 16.8. The van der Waals surface area contributed by atoms with Gasteiger partial charge < -0.3 is 10.6 Å². The maximum atomic E-state index is 11.8. The second-order valence-electron chi connectivity index (χ2n) is 6.32. The molecule has 4 heteroatoms. The largest absolute Gasteiger partial charge is 0.323 e. The lowest BCUT2D eigenvalue weighted by atomic mass is 10.0. The average Bonchev–Trinajstić information content (AvgIpc) is 2.71. The van der Waals surface area contributed by atoms with E-state index in [2.05, 4.69) is 10.6 Å². The summed E-state index contributed by atoms with van der Waals surface area (Å²) in [5, 5.41) is 5.65. The van der Waals surface area contributed by atoms with Crippen LogP contribution in [-0.4, -0.2) is 11.8 Å². The Kier molecular flexibility index (Phi) is 8.90. The molecule has 4 nitrogen and oxygen atoms in total. The molecule has 2 aromatic rings. The van der Waals surface area contributed by atoms with E-state index in [4.69, 9.17) is 0 Å². The molecule has 2 N–H and O–H groups in total. The van der Waals surface area contributed by atoms with E-state index in [0.717, 1.165) is 28.9 Å². The number of nitrogens with one attached hydrogen (secondary N) is 2. The molecule has 0 unspecified atom stereocenters. The van der Waals surface area contributed by atoms with E-state index in [-0.39, 0.29) is 11.8 Å². The Morgan fingerprint density at radius 1 is 0.655 bits per heavy atom. The van der Waals surface area contributed by atoms with Crippen LogP contribution in [0, 0.1) is 0 Å². The van der Waals surface area contributed by atoms with Crippen LogP contribution in [0.2, 0.25) is 0 Å². The molecule has 2 aromatic carbocycles. The summed E-state index contributed by atoms with van der Waals surface area (Å²) in [6.45, 7) is 3.79. The number of carbonyl (C=O) groups excluding carboxylic acids is 2. The van der Waals surface area contributed by atoms with Gasteiger partial charge in [0.25, 0.3) is 0 Å². The van der Waals surface area contributed by atoms with Crippen LogP contribution < -0.4 is 10.6 Å². The van der Waals surface area contributed by atoms with Gasteiger partial charge in [0, 0.05) is 23.5 Å². The summed E-state index contributed by atoms with van der Waals surface area (Å²) in [7, 11) is 0. The van der Waals surface area contributed by atoms with E-state index in [1.165, 1.54) is 12.2 Å². The number of hydrogen-bond acceptors (Lipinski definition) is 2. The van der Waals surface area contributed by atoms with E-state index < -0.39 is 0 Å². The molecule has 0 heterocycles. The summed E-state index contributed by atoms with van der Waals surface area (Å²) in [5.41, 5.74) is 3.79. The lowest BCUT2D eigenvalue weighted by Crippen LogP contribution is -2.07. The first-order valence-corrected chi connectivity index (χ1v) is 9.49. The number of amides is 2.